The first-order valence-electron chi connectivity index (χ1n) is 6.65. The van der Waals surface area contributed by atoms with Crippen molar-refractivity contribution in [2.24, 2.45) is 5.92 Å². The van der Waals surface area contributed by atoms with E-state index in [0.717, 1.165) is 32.0 Å². The van der Waals surface area contributed by atoms with Crippen molar-refractivity contribution in [3.63, 3.8) is 0 Å². The van der Waals surface area contributed by atoms with E-state index in [1.165, 1.54) is 12.8 Å². The third kappa shape index (κ3) is 3.32. The number of aromatic nitrogens is 2. The van der Waals surface area contributed by atoms with Crippen LogP contribution in [0.5, 0.6) is 5.88 Å². The lowest BCUT2D eigenvalue weighted by molar-refractivity contribution is 0.376. The summed E-state index contributed by atoms with van der Waals surface area (Å²) in [4.78, 5) is 10.7. The molecule has 1 aliphatic heterocycles. The molecular formula is C13H22N4O. The normalized spacial score (nSPS) is 19.6. The van der Waals surface area contributed by atoms with Gasteiger partial charge in [-0.15, -0.1) is 0 Å². The van der Waals surface area contributed by atoms with Crippen LogP contribution < -0.4 is 15.0 Å². The highest BCUT2D eigenvalue weighted by Crippen LogP contribution is 2.19. The van der Waals surface area contributed by atoms with E-state index < -0.39 is 0 Å². The first kappa shape index (κ1) is 13.1. The van der Waals surface area contributed by atoms with Gasteiger partial charge in [-0.05, 0) is 38.8 Å². The van der Waals surface area contributed by atoms with Crippen molar-refractivity contribution >= 4 is 5.82 Å². The van der Waals surface area contributed by atoms with E-state index in [4.69, 9.17) is 4.74 Å². The molecule has 1 atom stereocenters. The predicted octanol–water partition coefficient (Wildman–Crippen LogP) is 1.31. The van der Waals surface area contributed by atoms with Gasteiger partial charge in [0.05, 0.1) is 7.11 Å². The van der Waals surface area contributed by atoms with Crippen LogP contribution in [-0.2, 0) is 0 Å². The molecule has 0 aliphatic carbocycles. The molecule has 1 saturated heterocycles. The quantitative estimate of drug-likeness (QED) is 0.854. The topological polar surface area (TPSA) is 50.3 Å². The highest BCUT2D eigenvalue weighted by Gasteiger charge is 2.17. The van der Waals surface area contributed by atoms with Crippen molar-refractivity contribution in [1.29, 1.82) is 0 Å². The number of rotatable bonds is 5. The number of methoxy groups -OCH3 is 1. The third-order valence-corrected chi connectivity index (χ3v) is 3.42. The number of nitrogens with zero attached hydrogens (tertiary/aromatic N) is 3. The maximum absolute atomic E-state index is 5.15. The SMILES string of the molecule is CCN(CC1CCCNC1)c1cc(OC)ncn1. The van der Waals surface area contributed by atoms with Crippen molar-refractivity contribution in [1.82, 2.24) is 15.3 Å². The number of hydrogen-bond donors (Lipinski definition) is 1. The molecule has 2 heterocycles. The van der Waals surface area contributed by atoms with Crippen LogP contribution in [0.2, 0.25) is 0 Å². The van der Waals surface area contributed by atoms with E-state index >= 15 is 0 Å². The summed E-state index contributed by atoms with van der Waals surface area (Å²) < 4.78 is 5.15. The van der Waals surface area contributed by atoms with Gasteiger partial charge in [-0.1, -0.05) is 0 Å². The summed E-state index contributed by atoms with van der Waals surface area (Å²) in [5, 5.41) is 3.45. The minimum atomic E-state index is 0.625. The number of hydrogen-bond acceptors (Lipinski definition) is 5. The molecule has 0 aromatic carbocycles. The van der Waals surface area contributed by atoms with Gasteiger partial charge in [0, 0.05) is 19.2 Å². The van der Waals surface area contributed by atoms with Gasteiger partial charge in [-0.2, -0.15) is 0 Å². The van der Waals surface area contributed by atoms with Crippen LogP contribution >= 0.6 is 0 Å². The molecule has 5 nitrogen and oxygen atoms in total. The number of anilines is 1. The smallest absolute Gasteiger partial charge is 0.218 e. The van der Waals surface area contributed by atoms with Crippen LogP contribution in [0.4, 0.5) is 5.82 Å². The van der Waals surface area contributed by atoms with Gasteiger partial charge < -0.3 is 15.0 Å². The molecule has 1 fully saturated rings. The standard InChI is InChI=1S/C13H22N4O/c1-3-17(9-11-5-4-6-14-8-11)12-7-13(18-2)16-10-15-12/h7,10-11,14H,3-6,8-9H2,1-2H3. The Labute approximate surface area is 109 Å². The molecule has 0 radical (unpaired) electrons. The average molecular weight is 250 g/mol. The molecule has 0 bridgehead atoms. The third-order valence-electron chi connectivity index (χ3n) is 3.42. The zero-order valence-corrected chi connectivity index (χ0v) is 11.2. The summed E-state index contributed by atoms with van der Waals surface area (Å²) in [6, 6.07) is 1.90. The molecule has 1 aromatic heterocycles. The lowest BCUT2D eigenvalue weighted by Gasteiger charge is -2.30. The molecule has 0 amide bonds. The Hall–Kier alpha value is -1.36. The Morgan fingerprint density at radius 3 is 3.06 bits per heavy atom. The van der Waals surface area contributed by atoms with Crippen LogP contribution in [0.25, 0.3) is 0 Å². The molecule has 1 aromatic rings. The van der Waals surface area contributed by atoms with Gasteiger partial charge in [0.15, 0.2) is 0 Å². The van der Waals surface area contributed by atoms with Crippen LogP contribution in [0.1, 0.15) is 19.8 Å². The summed E-state index contributed by atoms with van der Waals surface area (Å²) in [6.07, 6.45) is 4.14. The molecule has 0 spiro atoms. The minimum absolute atomic E-state index is 0.625. The van der Waals surface area contributed by atoms with Crippen molar-refractivity contribution in [3.8, 4) is 5.88 Å². The van der Waals surface area contributed by atoms with Crippen LogP contribution in [0.3, 0.4) is 0 Å². The van der Waals surface area contributed by atoms with Crippen molar-refractivity contribution in [3.05, 3.63) is 12.4 Å². The van der Waals surface area contributed by atoms with Gasteiger partial charge in [0.1, 0.15) is 12.1 Å². The predicted molar refractivity (Wildman–Crippen MR) is 72.1 cm³/mol. The highest BCUT2D eigenvalue weighted by molar-refractivity contribution is 5.40. The second-order valence-corrected chi connectivity index (χ2v) is 4.67. The van der Waals surface area contributed by atoms with Crippen LogP contribution in [-0.4, -0.2) is 43.3 Å². The van der Waals surface area contributed by atoms with Crippen LogP contribution in [0, 0.1) is 5.92 Å². The molecule has 1 unspecified atom stereocenters. The fraction of sp³-hybridized carbons (Fsp3) is 0.692. The van der Waals surface area contributed by atoms with Gasteiger partial charge in [0.2, 0.25) is 5.88 Å². The second-order valence-electron chi connectivity index (χ2n) is 4.67. The highest BCUT2D eigenvalue weighted by atomic mass is 16.5. The largest absolute Gasteiger partial charge is 0.481 e. The van der Waals surface area contributed by atoms with Gasteiger partial charge in [0.25, 0.3) is 0 Å². The van der Waals surface area contributed by atoms with Crippen molar-refractivity contribution in [2.75, 3.05) is 38.2 Å². The zero-order chi connectivity index (χ0) is 12.8. The van der Waals surface area contributed by atoms with E-state index in [9.17, 15) is 0 Å². The Morgan fingerprint density at radius 2 is 2.39 bits per heavy atom. The van der Waals surface area contributed by atoms with Gasteiger partial charge in [-0.3, -0.25) is 0 Å². The Kier molecular flexibility index (Phi) is 4.75. The average Bonchev–Trinajstić information content (AvgIpc) is 2.46. The fourth-order valence-electron chi connectivity index (χ4n) is 2.39. The molecule has 5 heteroatoms. The summed E-state index contributed by atoms with van der Waals surface area (Å²) in [5.74, 6) is 2.29. The first-order chi connectivity index (χ1) is 8.83. The Bertz CT molecular complexity index is 366. The second kappa shape index (κ2) is 6.54. The summed E-state index contributed by atoms with van der Waals surface area (Å²) in [5.41, 5.74) is 0. The summed E-state index contributed by atoms with van der Waals surface area (Å²) in [6.45, 7) is 6.42. The lowest BCUT2D eigenvalue weighted by Crippen LogP contribution is -2.38. The number of nitrogens with one attached hydrogen (secondary N) is 1. The Balaban J connectivity index is 2.02. The monoisotopic (exact) mass is 250 g/mol. The molecule has 18 heavy (non-hydrogen) atoms. The lowest BCUT2D eigenvalue weighted by atomic mass is 9.99. The molecule has 2 rings (SSSR count). The molecule has 100 valence electrons. The molecule has 1 aliphatic rings. The number of ether oxygens (including phenoxy) is 1. The zero-order valence-electron chi connectivity index (χ0n) is 11.2. The maximum atomic E-state index is 5.15. The summed E-state index contributed by atoms with van der Waals surface area (Å²) >= 11 is 0. The molecule has 0 saturated carbocycles. The van der Waals surface area contributed by atoms with E-state index in [-0.39, 0.29) is 0 Å². The van der Waals surface area contributed by atoms with Crippen molar-refractivity contribution < 1.29 is 4.74 Å². The summed E-state index contributed by atoms with van der Waals surface area (Å²) in [7, 11) is 1.63. The van der Waals surface area contributed by atoms with Crippen LogP contribution in [0.15, 0.2) is 12.4 Å². The first-order valence-corrected chi connectivity index (χ1v) is 6.65. The fourth-order valence-corrected chi connectivity index (χ4v) is 2.39. The minimum Gasteiger partial charge on any atom is -0.481 e. The van der Waals surface area contributed by atoms with E-state index in [1.54, 1.807) is 13.4 Å². The van der Waals surface area contributed by atoms with E-state index in [1.807, 2.05) is 6.07 Å². The number of piperidine rings is 1. The maximum Gasteiger partial charge on any atom is 0.218 e. The van der Waals surface area contributed by atoms with E-state index in [0.29, 0.717) is 11.8 Å². The Morgan fingerprint density at radius 1 is 1.50 bits per heavy atom. The van der Waals surface area contributed by atoms with Gasteiger partial charge >= 0.3 is 0 Å². The van der Waals surface area contributed by atoms with Crippen molar-refractivity contribution in [2.45, 2.75) is 19.8 Å². The van der Waals surface area contributed by atoms with E-state index in [2.05, 4.69) is 27.1 Å². The van der Waals surface area contributed by atoms with Gasteiger partial charge in [-0.25, -0.2) is 9.97 Å². The molecule has 1 N–H and O–H groups in total. The molecular weight excluding hydrogens is 228 g/mol.